The van der Waals surface area contributed by atoms with Crippen LogP contribution in [0.25, 0.3) is 6.08 Å². The summed E-state index contributed by atoms with van der Waals surface area (Å²) < 4.78 is 25.5. The minimum absolute atomic E-state index is 0.0213. The van der Waals surface area contributed by atoms with Gasteiger partial charge in [-0.1, -0.05) is 84.9 Å². The first-order chi connectivity index (χ1) is 30.0. The third-order valence-electron chi connectivity index (χ3n) is 11.8. The summed E-state index contributed by atoms with van der Waals surface area (Å²) in [6.07, 6.45) is -2.50. The second-order valence-corrected chi connectivity index (χ2v) is 17.7. The number of aliphatic hydroxyl groups excluding tert-OH is 2. The highest BCUT2D eigenvalue weighted by Crippen LogP contribution is 2.59. The first-order valence-electron chi connectivity index (χ1n) is 21.2. The van der Waals surface area contributed by atoms with E-state index in [1.165, 1.54) is 23.0 Å². The maximum atomic E-state index is 15.2. The summed E-state index contributed by atoms with van der Waals surface area (Å²) in [5.41, 5.74) is 0.330. The fourth-order valence-electron chi connectivity index (χ4n) is 8.78. The van der Waals surface area contributed by atoms with Gasteiger partial charge >= 0.3 is 11.9 Å². The van der Waals surface area contributed by atoms with E-state index < -0.39 is 95.8 Å². The molecule has 9 atom stereocenters. The summed E-state index contributed by atoms with van der Waals surface area (Å²) in [5.74, 6) is -4.52. The van der Waals surface area contributed by atoms with E-state index in [1.807, 2.05) is 84.9 Å². The molecule has 0 aromatic heterocycles. The predicted octanol–water partition coefficient (Wildman–Crippen LogP) is 2.74. The molecule has 16 nitrogen and oxygen atoms in total. The Labute approximate surface area is 366 Å². The van der Waals surface area contributed by atoms with Crippen molar-refractivity contribution in [2.75, 3.05) is 20.7 Å². The molecule has 3 aliphatic heterocycles. The molecule has 4 N–H and O–H groups in total. The molecule has 1 aliphatic carbocycles. The van der Waals surface area contributed by atoms with Crippen LogP contribution >= 0.6 is 0 Å². The van der Waals surface area contributed by atoms with Gasteiger partial charge < -0.3 is 44.7 Å². The van der Waals surface area contributed by atoms with Crippen LogP contribution in [0.2, 0.25) is 0 Å². The van der Waals surface area contributed by atoms with Crippen LogP contribution < -0.4 is 10.6 Å². The zero-order valence-electron chi connectivity index (χ0n) is 36.3. The second-order valence-electron chi connectivity index (χ2n) is 17.7. The van der Waals surface area contributed by atoms with Crippen molar-refractivity contribution in [2.24, 2.45) is 5.41 Å². The number of amides is 3. The van der Waals surface area contributed by atoms with E-state index >= 15 is 4.79 Å². The molecule has 336 valence electrons. The monoisotopic (exact) mass is 868 g/mol. The number of carbonyl (C=O) groups is 5. The standard InChI is InChI=1S/C47H56N4O12/c1-28(53)37(42(56)48-33(27-52)22-24-36(55)60-45(2,3)4)49-44(58)46-25-34-38-39(62-47(61-38,31-13-9-7-10-14-31)32-15-11-8-12-16-32)41(46)63-51(40(46)43(57)59-34)26-30-19-17-29(18-20-30)21-23-35(54)50(5)6/h7-21,23,28,33-34,37-41,52-53H,22,24-27H2,1-6H3,(H,48,56)(H,49,58)/t28-,33-,34+,37+,38-,39-,40-,41+,46-/m0/s1. The molecule has 4 fully saturated rings. The molecule has 3 heterocycles. The summed E-state index contributed by atoms with van der Waals surface area (Å²) >= 11 is 0. The number of nitrogens with one attached hydrogen (secondary N) is 2. The molecule has 0 radical (unpaired) electrons. The average molecular weight is 869 g/mol. The lowest BCUT2D eigenvalue weighted by molar-refractivity contribution is -0.213. The molecule has 3 saturated heterocycles. The Hall–Kier alpha value is -5.49. The minimum Gasteiger partial charge on any atom is -0.460 e. The van der Waals surface area contributed by atoms with Gasteiger partial charge in [0, 0.05) is 44.1 Å². The van der Waals surface area contributed by atoms with Gasteiger partial charge in [0.1, 0.15) is 41.5 Å². The maximum Gasteiger partial charge on any atom is 0.327 e. The average Bonchev–Trinajstić information content (AvgIpc) is 3.83. The van der Waals surface area contributed by atoms with E-state index in [2.05, 4.69) is 10.6 Å². The number of esters is 2. The van der Waals surface area contributed by atoms with Crippen LogP contribution in [0.3, 0.4) is 0 Å². The number of ether oxygens (including phenoxy) is 4. The molecular formula is C47H56N4O12. The van der Waals surface area contributed by atoms with Crippen LogP contribution in [0, 0.1) is 5.41 Å². The molecule has 63 heavy (non-hydrogen) atoms. The largest absolute Gasteiger partial charge is 0.460 e. The number of fused-ring (bicyclic) bond motifs is 4. The Morgan fingerprint density at radius 2 is 1.56 bits per heavy atom. The van der Waals surface area contributed by atoms with E-state index in [1.54, 1.807) is 40.9 Å². The zero-order valence-corrected chi connectivity index (χ0v) is 36.3. The Bertz CT molecular complexity index is 2140. The smallest absolute Gasteiger partial charge is 0.327 e. The molecule has 1 saturated carbocycles. The van der Waals surface area contributed by atoms with E-state index in [0.29, 0.717) is 16.7 Å². The van der Waals surface area contributed by atoms with Crippen LogP contribution in [-0.2, 0) is 60.1 Å². The molecule has 3 aromatic rings. The van der Waals surface area contributed by atoms with Gasteiger partial charge in [-0.3, -0.25) is 28.8 Å². The SMILES string of the molecule is C[C@H](O)[C@@H](NC(=O)[C@@]12C[C@H]3OC(=O)[C@@H]1N(Cc1ccc(C=CC(=O)N(C)C)cc1)O[C@@H]2[C@H]1OC(c2ccccc2)(c2ccccc2)O[C@H]13)C(=O)N[C@H](CO)CCC(=O)OC(C)(C)C. The number of hydroxylamine groups is 2. The van der Waals surface area contributed by atoms with Crippen molar-refractivity contribution in [2.45, 2.75) is 114 Å². The maximum absolute atomic E-state index is 15.2. The third kappa shape index (κ3) is 9.28. The highest BCUT2D eigenvalue weighted by molar-refractivity contribution is 5.96. The van der Waals surface area contributed by atoms with E-state index in [0.717, 1.165) is 5.56 Å². The third-order valence-corrected chi connectivity index (χ3v) is 11.8. The lowest BCUT2D eigenvalue weighted by Gasteiger charge is -2.49. The fourth-order valence-corrected chi connectivity index (χ4v) is 8.78. The van der Waals surface area contributed by atoms with E-state index in [4.69, 9.17) is 23.8 Å². The van der Waals surface area contributed by atoms with Gasteiger partial charge in [0.2, 0.25) is 23.5 Å². The number of benzene rings is 3. The summed E-state index contributed by atoms with van der Waals surface area (Å²) in [6.45, 7) is 6.01. The van der Waals surface area contributed by atoms with Gasteiger partial charge in [0.05, 0.1) is 25.3 Å². The van der Waals surface area contributed by atoms with Crippen molar-refractivity contribution in [1.82, 2.24) is 20.6 Å². The summed E-state index contributed by atoms with van der Waals surface area (Å²) in [5, 5.41) is 28.0. The zero-order chi connectivity index (χ0) is 45.3. The second kappa shape index (κ2) is 18.3. The van der Waals surface area contributed by atoms with Crippen molar-refractivity contribution in [3.63, 3.8) is 0 Å². The van der Waals surface area contributed by atoms with Crippen LogP contribution in [0.15, 0.2) is 91.0 Å². The van der Waals surface area contributed by atoms with Gasteiger partial charge in [0.25, 0.3) is 0 Å². The van der Waals surface area contributed by atoms with Gasteiger partial charge in [-0.15, -0.1) is 0 Å². The van der Waals surface area contributed by atoms with Gasteiger partial charge in [-0.25, -0.2) is 0 Å². The quantitative estimate of drug-likeness (QED) is 0.129. The molecule has 0 spiro atoms. The summed E-state index contributed by atoms with van der Waals surface area (Å²) in [7, 11) is 3.32. The van der Waals surface area contributed by atoms with Gasteiger partial charge in [0.15, 0.2) is 6.04 Å². The molecule has 4 aliphatic rings. The lowest BCUT2D eigenvalue weighted by atomic mass is 9.62. The summed E-state index contributed by atoms with van der Waals surface area (Å²) in [4.78, 5) is 76.3. The number of hydrogen-bond donors (Lipinski definition) is 4. The van der Waals surface area contributed by atoms with Gasteiger partial charge in [-0.2, -0.15) is 5.06 Å². The highest BCUT2D eigenvalue weighted by atomic mass is 16.8. The minimum atomic E-state index is -1.73. The molecule has 3 amide bonds. The van der Waals surface area contributed by atoms with Crippen molar-refractivity contribution in [3.8, 4) is 0 Å². The topological polar surface area (TPSA) is 202 Å². The highest BCUT2D eigenvalue weighted by Gasteiger charge is 2.76. The predicted molar refractivity (Wildman–Crippen MR) is 226 cm³/mol. The number of hydrogen-bond acceptors (Lipinski definition) is 13. The summed E-state index contributed by atoms with van der Waals surface area (Å²) in [6, 6.07) is 22.1. The fraction of sp³-hybridized carbons (Fsp3) is 0.468. The molecule has 16 heteroatoms. The normalized spacial score (nSPS) is 26.2. The van der Waals surface area contributed by atoms with Crippen molar-refractivity contribution in [3.05, 3.63) is 113 Å². The van der Waals surface area contributed by atoms with Crippen molar-refractivity contribution in [1.29, 1.82) is 0 Å². The number of rotatable bonds is 15. The van der Waals surface area contributed by atoms with Crippen LogP contribution in [0.5, 0.6) is 0 Å². The number of carbonyl (C=O) groups excluding carboxylic acids is 5. The van der Waals surface area contributed by atoms with Crippen molar-refractivity contribution >= 4 is 35.7 Å². The van der Waals surface area contributed by atoms with Gasteiger partial charge in [-0.05, 0) is 51.3 Å². The first-order valence-corrected chi connectivity index (χ1v) is 21.2. The first kappa shape index (κ1) is 45.5. The van der Waals surface area contributed by atoms with Crippen LogP contribution in [0.1, 0.15) is 69.2 Å². The molecule has 0 unspecified atom stereocenters. The lowest BCUT2D eigenvalue weighted by Crippen LogP contribution is -2.71. The Kier molecular flexibility index (Phi) is 13.2. The van der Waals surface area contributed by atoms with E-state index in [-0.39, 0.29) is 31.7 Å². The van der Waals surface area contributed by atoms with Crippen LogP contribution in [-0.4, -0.2) is 125 Å². The van der Waals surface area contributed by atoms with E-state index in [9.17, 15) is 29.4 Å². The van der Waals surface area contributed by atoms with Crippen LogP contribution in [0.4, 0.5) is 0 Å². The van der Waals surface area contributed by atoms with Crippen molar-refractivity contribution < 1.29 is 58.0 Å². The number of aliphatic hydroxyl groups is 2. The molecule has 3 aromatic carbocycles. The molecule has 7 rings (SSSR count). The Morgan fingerprint density at radius 1 is 0.937 bits per heavy atom. The number of nitrogens with zero attached hydrogens (tertiary/aromatic N) is 2. The Morgan fingerprint density at radius 3 is 2.13 bits per heavy atom. The molecular weight excluding hydrogens is 813 g/mol. The number of likely N-dealkylation sites (N-methyl/N-ethyl adjacent to an activating group) is 1. The molecule has 2 bridgehead atoms. The Balaban J connectivity index is 1.22.